The number of aromatic nitrogens is 3. The Balaban J connectivity index is 2.06. The smallest absolute Gasteiger partial charge is 0.248 e. The van der Waals surface area contributed by atoms with Gasteiger partial charge in [-0.3, -0.25) is 9.78 Å². The van der Waals surface area contributed by atoms with Gasteiger partial charge < -0.3 is 5.73 Å². The number of hydrogen-bond donors (Lipinski definition) is 1. The van der Waals surface area contributed by atoms with E-state index in [0.717, 1.165) is 22.6 Å². The molecule has 3 aromatic rings. The molecule has 2 N–H and O–H groups in total. The van der Waals surface area contributed by atoms with Crippen molar-refractivity contribution in [1.82, 2.24) is 14.8 Å². The average Bonchev–Trinajstić information content (AvgIpc) is 2.86. The SMILES string of the molecule is Cc1cc(C)n(-c2cccc(-c3cc(C(N)=O)ccn3)c2)n1. The van der Waals surface area contributed by atoms with Crippen LogP contribution in [0, 0.1) is 13.8 Å². The maximum atomic E-state index is 11.3. The van der Waals surface area contributed by atoms with Crippen molar-refractivity contribution < 1.29 is 4.79 Å². The van der Waals surface area contributed by atoms with Crippen LogP contribution in [0.15, 0.2) is 48.7 Å². The van der Waals surface area contributed by atoms with E-state index in [4.69, 9.17) is 5.73 Å². The van der Waals surface area contributed by atoms with E-state index in [2.05, 4.69) is 10.1 Å². The summed E-state index contributed by atoms with van der Waals surface area (Å²) in [6, 6.07) is 13.2. The highest BCUT2D eigenvalue weighted by atomic mass is 16.1. The molecule has 22 heavy (non-hydrogen) atoms. The Labute approximate surface area is 128 Å². The Kier molecular flexibility index (Phi) is 3.47. The second-order valence-electron chi connectivity index (χ2n) is 5.18. The number of pyridine rings is 1. The lowest BCUT2D eigenvalue weighted by Gasteiger charge is -2.07. The van der Waals surface area contributed by atoms with Gasteiger partial charge in [0.2, 0.25) is 5.91 Å². The third-order valence-electron chi connectivity index (χ3n) is 3.44. The number of amides is 1. The normalized spacial score (nSPS) is 10.6. The molecule has 2 heterocycles. The molecule has 0 saturated heterocycles. The summed E-state index contributed by atoms with van der Waals surface area (Å²) >= 11 is 0. The predicted molar refractivity (Wildman–Crippen MR) is 84.8 cm³/mol. The summed E-state index contributed by atoms with van der Waals surface area (Å²) in [5, 5.41) is 4.48. The average molecular weight is 292 g/mol. The van der Waals surface area contributed by atoms with E-state index in [1.54, 1.807) is 18.3 Å². The maximum absolute atomic E-state index is 11.3. The van der Waals surface area contributed by atoms with E-state index in [-0.39, 0.29) is 0 Å². The number of aryl methyl sites for hydroxylation is 2. The number of carbonyl (C=O) groups is 1. The summed E-state index contributed by atoms with van der Waals surface area (Å²) in [7, 11) is 0. The second kappa shape index (κ2) is 5.44. The first-order valence-corrected chi connectivity index (χ1v) is 6.94. The van der Waals surface area contributed by atoms with E-state index in [1.165, 1.54) is 0 Å². The van der Waals surface area contributed by atoms with Gasteiger partial charge in [-0.2, -0.15) is 5.10 Å². The van der Waals surface area contributed by atoms with Crippen LogP contribution in [0.4, 0.5) is 0 Å². The number of benzene rings is 1. The highest BCUT2D eigenvalue weighted by Crippen LogP contribution is 2.22. The van der Waals surface area contributed by atoms with Crippen LogP contribution in [0.5, 0.6) is 0 Å². The molecule has 0 aliphatic rings. The molecule has 5 heteroatoms. The standard InChI is InChI=1S/C17H16N4O/c1-11-8-12(2)21(20-11)15-5-3-4-13(9-15)16-10-14(17(18)22)6-7-19-16/h3-10H,1-2H3,(H2,18,22). The van der Waals surface area contributed by atoms with Gasteiger partial charge in [0.05, 0.1) is 17.1 Å². The van der Waals surface area contributed by atoms with Crippen molar-refractivity contribution in [2.75, 3.05) is 0 Å². The Morgan fingerprint density at radius 1 is 1.14 bits per heavy atom. The minimum atomic E-state index is -0.460. The van der Waals surface area contributed by atoms with Gasteiger partial charge in [-0.25, -0.2) is 4.68 Å². The zero-order chi connectivity index (χ0) is 15.7. The number of rotatable bonds is 3. The van der Waals surface area contributed by atoms with E-state index >= 15 is 0 Å². The van der Waals surface area contributed by atoms with Gasteiger partial charge in [0.25, 0.3) is 0 Å². The van der Waals surface area contributed by atoms with Gasteiger partial charge in [-0.1, -0.05) is 12.1 Å². The summed E-state index contributed by atoms with van der Waals surface area (Å²) in [5.74, 6) is -0.460. The van der Waals surface area contributed by atoms with Crippen molar-refractivity contribution in [3.63, 3.8) is 0 Å². The predicted octanol–water partition coefficient (Wildman–Crippen LogP) is 2.65. The summed E-state index contributed by atoms with van der Waals surface area (Å²) in [4.78, 5) is 15.6. The molecule has 1 aromatic carbocycles. The summed E-state index contributed by atoms with van der Waals surface area (Å²) in [6.45, 7) is 3.98. The fraction of sp³-hybridized carbons (Fsp3) is 0.118. The van der Waals surface area contributed by atoms with Crippen LogP contribution in [-0.2, 0) is 0 Å². The van der Waals surface area contributed by atoms with Gasteiger partial charge in [0.1, 0.15) is 0 Å². The van der Waals surface area contributed by atoms with Crippen molar-refractivity contribution in [2.24, 2.45) is 5.73 Å². The topological polar surface area (TPSA) is 73.8 Å². The van der Waals surface area contributed by atoms with Crippen LogP contribution >= 0.6 is 0 Å². The fourth-order valence-corrected chi connectivity index (χ4v) is 2.43. The molecule has 3 rings (SSSR count). The van der Waals surface area contributed by atoms with E-state index < -0.39 is 5.91 Å². The Morgan fingerprint density at radius 3 is 2.64 bits per heavy atom. The Hall–Kier alpha value is -2.95. The van der Waals surface area contributed by atoms with Crippen LogP contribution in [0.3, 0.4) is 0 Å². The van der Waals surface area contributed by atoms with E-state index in [9.17, 15) is 4.79 Å². The first kappa shape index (κ1) is 14.0. The first-order chi connectivity index (χ1) is 10.5. The van der Waals surface area contributed by atoms with Gasteiger partial charge in [0, 0.05) is 23.0 Å². The van der Waals surface area contributed by atoms with Gasteiger partial charge >= 0.3 is 0 Å². The monoisotopic (exact) mass is 292 g/mol. The molecule has 0 unspecified atom stereocenters. The van der Waals surface area contributed by atoms with Crippen LogP contribution in [0.2, 0.25) is 0 Å². The van der Waals surface area contributed by atoms with Crippen molar-refractivity contribution in [1.29, 1.82) is 0 Å². The molecule has 2 aromatic heterocycles. The van der Waals surface area contributed by atoms with Crippen molar-refractivity contribution in [3.8, 4) is 16.9 Å². The van der Waals surface area contributed by atoms with Crippen LogP contribution in [0.25, 0.3) is 16.9 Å². The molecule has 0 aliphatic heterocycles. The number of hydrogen-bond acceptors (Lipinski definition) is 3. The minimum absolute atomic E-state index is 0.446. The van der Waals surface area contributed by atoms with Gasteiger partial charge in [0.15, 0.2) is 0 Å². The summed E-state index contributed by atoms with van der Waals surface area (Å²) < 4.78 is 1.89. The van der Waals surface area contributed by atoms with Crippen LogP contribution in [0.1, 0.15) is 21.7 Å². The Bertz CT molecular complexity index is 851. The van der Waals surface area contributed by atoms with Gasteiger partial charge in [-0.05, 0) is 44.2 Å². The molecule has 1 amide bonds. The second-order valence-corrected chi connectivity index (χ2v) is 5.18. The maximum Gasteiger partial charge on any atom is 0.248 e. The first-order valence-electron chi connectivity index (χ1n) is 6.94. The lowest BCUT2D eigenvalue weighted by atomic mass is 10.1. The van der Waals surface area contributed by atoms with Crippen LogP contribution in [-0.4, -0.2) is 20.7 Å². The molecule has 0 saturated carbocycles. The number of carbonyl (C=O) groups excluding carboxylic acids is 1. The quantitative estimate of drug-likeness (QED) is 0.806. The Morgan fingerprint density at radius 2 is 1.95 bits per heavy atom. The highest BCUT2D eigenvalue weighted by molar-refractivity contribution is 5.93. The van der Waals surface area contributed by atoms with Crippen molar-refractivity contribution >= 4 is 5.91 Å². The molecule has 5 nitrogen and oxygen atoms in total. The third-order valence-corrected chi connectivity index (χ3v) is 3.44. The van der Waals surface area contributed by atoms with Gasteiger partial charge in [-0.15, -0.1) is 0 Å². The largest absolute Gasteiger partial charge is 0.366 e. The third kappa shape index (κ3) is 2.61. The molecule has 0 spiro atoms. The molecule has 0 aliphatic carbocycles. The zero-order valence-corrected chi connectivity index (χ0v) is 12.4. The lowest BCUT2D eigenvalue weighted by molar-refractivity contribution is 0.1000. The lowest BCUT2D eigenvalue weighted by Crippen LogP contribution is -2.11. The summed E-state index contributed by atoms with van der Waals surface area (Å²) in [6.07, 6.45) is 1.59. The van der Waals surface area contributed by atoms with E-state index in [1.807, 2.05) is 48.9 Å². The molecule has 0 atom stereocenters. The molecule has 0 fully saturated rings. The number of nitrogens with two attached hydrogens (primary N) is 1. The molecule has 0 bridgehead atoms. The minimum Gasteiger partial charge on any atom is -0.366 e. The highest BCUT2D eigenvalue weighted by Gasteiger charge is 2.08. The molecular formula is C17H16N4O. The number of primary amides is 1. The number of nitrogens with zero attached hydrogens (tertiary/aromatic N) is 3. The molecular weight excluding hydrogens is 276 g/mol. The van der Waals surface area contributed by atoms with Crippen molar-refractivity contribution in [2.45, 2.75) is 13.8 Å². The molecule has 110 valence electrons. The fourth-order valence-electron chi connectivity index (χ4n) is 2.43. The van der Waals surface area contributed by atoms with Crippen molar-refractivity contribution in [3.05, 3.63) is 65.6 Å². The van der Waals surface area contributed by atoms with E-state index in [0.29, 0.717) is 11.3 Å². The summed E-state index contributed by atoms with van der Waals surface area (Å²) in [5.41, 5.74) is 10.4. The van der Waals surface area contributed by atoms with Crippen LogP contribution < -0.4 is 5.73 Å². The molecule has 0 radical (unpaired) electrons. The zero-order valence-electron chi connectivity index (χ0n) is 12.4.